The topological polar surface area (TPSA) is 52.6 Å². The Morgan fingerprint density at radius 2 is 0.913 bits per heavy atom. The van der Waals surface area contributed by atoms with Crippen molar-refractivity contribution in [2.75, 3.05) is 0 Å². The third-order valence-corrected chi connectivity index (χ3v) is 8.43. The molecule has 0 spiro atoms. The van der Waals surface area contributed by atoms with Crippen LogP contribution in [0.15, 0.2) is 36.5 Å². The summed E-state index contributed by atoms with van der Waals surface area (Å²) in [4.78, 5) is 22.7. The Labute approximate surface area is 287 Å². The van der Waals surface area contributed by atoms with E-state index in [9.17, 15) is 9.59 Å². The number of allylic oxidation sites excluding steroid dienone is 2. The monoisotopic (exact) mass is 647 g/mol. The van der Waals surface area contributed by atoms with E-state index in [-0.39, 0.29) is 36.0 Å². The number of cyclic esters (lactones) is 2. The largest absolute Gasteiger partial charge is 0.462 e. The van der Waals surface area contributed by atoms with Crippen LogP contribution in [0, 0.1) is 65.1 Å². The summed E-state index contributed by atoms with van der Waals surface area (Å²) in [7, 11) is 0. The van der Waals surface area contributed by atoms with Gasteiger partial charge in [0, 0.05) is 17.4 Å². The smallest absolute Gasteiger partial charge is 0.334 e. The van der Waals surface area contributed by atoms with Crippen LogP contribution in [0.2, 0.25) is 0 Å². The zero-order valence-corrected chi connectivity index (χ0v) is 33.6. The maximum atomic E-state index is 11.4. The molecule has 2 aliphatic rings. The van der Waals surface area contributed by atoms with Crippen molar-refractivity contribution in [2.24, 2.45) is 65.1 Å². The number of esters is 2. The molecule has 0 aromatic heterocycles. The molecule has 0 amide bonds. The number of hydrogen-bond donors (Lipinski definition) is 0. The second-order valence-electron chi connectivity index (χ2n) is 17.1. The van der Waals surface area contributed by atoms with Gasteiger partial charge in [-0.1, -0.05) is 149 Å². The van der Waals surface area contributed by atoms with Crippen LogP contribution in [0.3, 0.4) is 0 Å². The van der Waals surface area contributed by atoms with E-state index in [0.29, 0.717) is 35.2 Å². The standard InChI is InChI=1S/C11H20O2.C11H18O2.2C10H20/c2*1-6(2)9-8(5)11(12)13-10(9)7(3)4;2*1-8(2)6-10(5)7-9(3)4/h6-10H,1-5H3;6-7,9-10H,5H2,1-4H3;2*8-9H,5-7H2,1-4H3. The van der Waals surface area contributed by atoms with Gasteiger partial charge in [-0.3, -0.25) is 4.79 Å². The van der Waals surface area contributed by atoms with Gasteiger partial charge in [0.1, 0.15) is 12.2 Å². The number of carbonyl (C=O) groups excluding carboxylic acids is 2. The van der Waals surface area contributed by atoms with Gasteiger partial charge in [0.05, 0.1) is 5.92 Å². The third kappa shape index (κ3) is 18.5. The first-order valence-electron chi connectivity index (χ1n) is 18.4. The zero-order chi connectivity index (χ0) is 36.6. The molecule has 2 heterocycles. The fourth-order valence-corrected chi connectivity index (χ4v) is 6.71. The molecule has 4 heteroatoms. The summed E-state index contributed by atoms with van der Waals surface area (Å²) in [6.45, 7) is 48.7. The summed E-state index contributed by atoms with van der Waals surface area (Å²) in [5, 5.41) is 0. The van der Waals surface area contributed by atoms with Gasteiger partial charge in [-0.15, -0.1) is 0 Å². The molecule has 0 aliphatic carbocycles. The highest BCUT2D eigenvalue weighted by molar-refractivity contribution is 5.90. The van der Waals surface area contributed by atoms with Gasteiger partial charge in [0.15, 0.2) is 0 Å². The maximum Gasteiger partial charge on any atom is 0.334 e. The Hall–Kier alpha value is -1.84. The fourth-order valence-electron chi connectivity index (χ4n) is 6.71. The zero-order valence-electron chi connectivity index (χ0n) is 33.6. The molecule has 2 fully saturated rings. The second-order valence-corrected chi connectivity index (χ2v) is 17.1. The number of carbonyl (C=O) groups is 2. The summed E-state index contributed by atoms with van der Waals surface area (Å²) < 4.78 is 10.6. The molecule has 2 rings (SSSR count). The maximum absolute atomic E-state index is 11.4. The van der Waals surface area contributed by atoms with Gasteiger partial charge in [-0.05, 0) is 73.0 Å². The van der Waals surface area contributed by atoms with Gasteiger partial charge in [0.2, 0.25) is 0 Å². The van der Waals surface area contributed by atoms with Crippen molar-refractivity contribution in [1.82, 2.24) is 0 Å². The summed E-state index contributed by atoms with van der Waals surface area (Å²) in [5.74, 6) is 5.27. The van der Waals surface area contributed by atoms with Crippen LogP contribution in [0.4, 0.5) is 0 Å². The molecule has 0 radical (unpaired) electrons. The number of ether oxygens (including phenoxy) is 2. The van der Waals surface area contributed by atoms with Crippen LogP contribution < -0.4 is 0 Å². The Morgan fingerprint density at radius 3 is 1.13 bits per heavy atom. The average Bonchev–Trinajstić information content (AvgIpc) is 3.33. The van der Waals surface area contributed by atoms with E-state index in [1.165, 1.54) is 36.8 Å². The second kappa shape index (κ2) is 22.7. The van der Waals surface area contributed by atoms with E-state index in [2.05, 4.69) is 131 Å². The van der Waals surface area contributed by atoms with Crippen molar-refractivity contribution >= 4 is 11.9 Å². The van der Waals surface area contributed by atoms with Gasteiger partial charge in [-0.2, -0.15) is 0 Å². The molecule has 0 aromatic carbocycles. The molecular formula is C42H78O4. The lowest BCUT2D eigenvalue weighted by Gasteiger charge is -2.25. The van der Waals surface area contributed by atoms with Gasteiger partial charge >= 0.3 is 11.9 Å². The van der Waals surface area contributed by atoms with Crippen molar-refractivity contribution in [3.63, 3.8) is 0 Å². The van der Waals surface area contributed by atoms with Crippen LogP contribution in [0.5, 0.6) is 0 Å². The predicted octanol–water partition coefficient (Wildman–Crippen LogP) is 12.1. The van der Waals surface area contributed by atoms with Crippen molar-refractivity contribution in [3.8, 4) is 0 Å². The van der Waals surface area contributed by atoms with Gasteiger partial charge in [0.25, 0.3) is 0 Å². The number of hydrogen-bond acceptors (Lipinski definition) is 4. The van der Waals surface area contributed by atoms with Crippen molar-refractivity contribution < 1.29 is 19.1 Å². The van der Waals surface area contributed by atoms with Crippen molar-refractivity contribution in [3.05, 3.63) is 36.5 Å². The van der Waals surface area contributed by atoms with Crippen molar-refractivity contribution in [2.45, 2.75) is 156 Å². The van der Waals surface area contributed by atoms with Crippen LogP contribution in [0.1, 0.15) is 143 Å². The van der Waals surface area contributed by atoms with E-state index in [0.717, 1.165) is 23.7 Å². The average molecular weight is 647 g/mol. The minimum Gasteiger partial charge on any atom is -0.462 e. The lowest BCUT2D eigenvalue weighted by Crippen LogP contribution is -2.28. The van der Waals surface area contributed by atoms with E-state index in [1.807, 2.05) is 6.92 Å². The molecule has 2 saturated heterocycles. The Morgan fingerprint density at radius 1 is 0.565 bits per heavy atom. The molecule has 0 aromatic rings. The van der Waals surface area contributed by atoms with E-state index >= 15 is 0 Å². The minimum absolute atomic E-state index is 0.0163. The molecule has 5 unspecified atom stereocenters. The molecule has 0 bridgehead atoms. The van der Waals surface area contributed by atoms with Crippen LogP contribution in [-0.4, -0.2) is 24.1 Å². The molecule has 0 saturated carbocycles. The Bertz CT molecular complexity index is 866. The summed E-state index contributed by atoms with van der Waals surface area (Å²) in [6, 6.07) is 0. The highest BCUT2D eigenvalue weighted by Crippen LogP contribution is 2.37. The first-order valence-corrected chi connectivity index (χ1v) is 18.4. The summed E-state index contributed by atoms with van der Waals surface area (Å²) in [6.07, 6.45) is 4.93. The summed E-state index contributed by atoms with van der Waals surface area (Å²) >= 11 is 0. The van der Waals surface area contributed by atoms with Gasteiger partial charge < -0.3 is 9.47 Å². The lowest BCUT2D eigenvalue weighted by molar-refractivity contribution is -0.145. The third-order valence-electron chi connectivity index (χ3n) is 8.43. The highest BCUT2D eigenvalue weighted by Gasteiger charge is 2.44. The SMILES string of the molecule is C=C(CC(C)C)CC(C)C.C=C(CC(C)C)CC(C)C.C=C1C(=O)OC(C(C)C)C1C(C)C.CC(C)C1OC(=O)C(C)C1C(C)C. The van der Waals surface area contributed by atoms with E-state index in [4.69, 9.17) is 9.47 Å². The highest BCUT2D eigenvalue weighted by atomic mass is 16.6. The van der Waals surface area contributed by atoms with E-state index < -0.39 is 0 Å². The molecule has 4 nitrogen and oxygen atoms in total. The number of rotatable bonds is 12. The quantitative estimate of drug-likeness (QED) is 0.120. The van der Waals surface area contributed by atoms with Crippen LogP contribution in [-0.2, 0) is 19.1 Å². The normalized spacial score (nSPS) is 22.6. The molecular weight excluding hydrogens is 568 g/mol. The Kier molecular flexibility index (Phi) is 22.8. The van der Waals surface area contributed by atoms with E-state index in [1.54, 1.807) is 0 Å². The molecule has 46 heavy (non-hydrogen) atoms. The molecule has 0 N–H and O–H groups in total. The lowest BCUT2D eigenvalue weighted by atomic mass is 9.79. The molecule has 270 valence electrons. The molecule has 5 atom stereocenters. The molecule has 2 aliphatic heterocycles. The van der Waals surface area contributed by atoms with Gasteiger partial charge in [-0.25, -0.2) is 4.79 Å². The first kappa shape index (κ1) is 46.3. The van der Waals surface area contributed by atoms with Crippen LogP contribution in [0.25, 0.3) is 0 Å². The summed E-state index contributed by atoms with van der Waals surface area (Å²) in [5.41, 5.74) is 3.46. The van der Waals surface area contributed by atoms with Crippen molar-refractivity contribution in [1.29, 1.82) is 0 Å². The first-order chi connectivity index (χ1) is 20.9. The fraction of sp³-hybridized carbons (Fsp3) is 0.810. The Balaban J connectivity index is 0. The van der Waals surface area contributed by atoms with Crippen LogP contribution >= 0.6 is 0 Å². The minimum atomic E-state index is -0.211. The predicted molar refractivity (Wildman–Crippen MR) is 200 cm³/mol.